The lowest BCUT2D eigenvalue weighted by Gasteiger charge is -2.28. The Balaban J connectivity index is 1.16. The van der Waals surface area contributed by atoms with Gasteiger partial charge in [0.2, 0.25) is 0 Å². The van der Waals surface area contributed by atoms with Crippen LogP contribution in [-0.2, 0) is 24.2 Å². The van der Waals surface area contributed by atoms with E-state index < -0.39 is 6.04 Å². The van der Waals surface area contributed by atoms with Crippen LogP contribution in [0.1, 0.15) is 27.0 Å². The molecule has 0 spiro atoms. The maximum absolute atomic E-state index is 13.2. The van der Waals surface area contributed by atoms with E-state index in [2.05, 4.69) is 16.4 Å². The molecule has 0 bridgehead atoms. The van der Waals surface area contributed by atoms with Crippen molar-refractivity contribution in [2.45, 2.75) is 25.4 Å². The monoisotopic (exact) mass is 464 g/mol. The number of rotatable bonds is 5. The maximum Gasteiger partial charge on any atom is 0.332 e. The molecule has 7 nitrogen and oxygen atoms in total. The highest BCUT2D eigenvalue weighted by Crippen LogP contribution is 2.33. The second kappa shape index (κ2) is 8.43. The lowest BCUT2D eigenvalue weighted by molar-refractivity contribution is -0.120. The Morgan fingerprint density at radius 3 is 2.66 bits per heavy atom. The quantitative estimate of drug-likeness (QED) is 0.437. The molecule has 35 heavy (non-hydrogen) atoms. The fourth-order valence-electron chi connectivity index (χ4n) is 5.09. The second-order valence-electron chi connectivity index (χ2n) is 8.99. The predicted octanol–water partition coefficient (Wildman–Crippen LogP) is 4.03. The van der Waals surface area contributed by atoms with Crippen LogP contribution in [0.15, 0.2) is 79.0 Å². The lowest BCUT2D eigenvalue weighted by Crippen LogP contribution is -2.39. The average molecular weight is 465 g/mol. The highest BCUT2D eigenvalue weighted by atomic mass is 16.2. The summed E-state index contributed by atoms with van der Waals surface area (Å²) in [4.78, 5) is 45.3. The number of anilines is 1. The number of carbonyl (C=O) groups excluding carboxylic acids is 3. The number of nitrogens with zero attached hydrogens (tertiary/aromatic N) is 2. The minimum atomic E-state index is -0.508. The Kier molecular flexibility index (Phi) is 5.10. The third-order valence-corrected chi connectivity index (χ3v) is 6.91. The zero-order valence-corrected chi connectivity index (χ0v) is 19.0. The van der Waals surface area contributed by atoms with Gasteiger partial charge in [-0.15, -0.1) is 0 Å². The number of nitrogens with one attached hydrogen (secondary N) is 2. The van der Waals surface area contributed by atoms with E-state index in [1.807, 2.05) is 48.7 Å². The first-order valence-corrected chi connectivity index (χ1v) is 11.7. The average Bonchev–Trinajstić information content (AvgIpc) is 3.41. The first-order chi connectivity index (χ1) is 17.1. The van der Waals surface area contributed by atoms with Gasteiger partial charge in [-0.05, 0) is 47.4 Å². The number of para-hydroxylation sites is 1. The molecule has 7 heteroatoms. The van der Waals surface area contributed by atoms with Gasteiger partial charge in [-0.2, -0.15) is 0 Å². The van der Waals surface area contributed by atoms with Crippen molar-refractivity contribution in [3.8, 4) is 0 Å². The molecule has 4 amide bonds. The molecule has 4 aromatic rings. The van der Waals surface area contributed by atoms with Crippen molar-refractivity contribution in [1.29, 1.82) is 0 Å². The topological polar surface area (TPSA) is 85.5 Å². The molecular formula is C28H24N4O3. The zero-order chi connectivity index (χ0) is 23.9. The van der Waals surface area contributed by atoms with Gasteiger partial charge in [0.25, 0.3) is 11.8 Å². The lowest BCUT2D eigenvalue weighted by atomic mass is 9.95. The normalized spacial score (nSPS) is 17.0. The number of imide groups is 1. The zero-order valence-electron chi connectivity index (χ0n) is 19.0. The summed E-state index contributed by atoms with van der Waals surface area (Å²) in [5, 5.41) is 4.10. The van der Waals surface area contributed by atoms with E-state index in [0.717, 1.165) is 27.6 Å². The molecule has 2 aliphatic heterocycles. The van der Waals surface area contributed by atoms with Gasteiger partial charge in [-0.3, -0.25) is 9.59 Å². The molecule has 1 atom stereocenters. The molecule has 0 unspecified atom stereocenters. The SMILES string of the molecule is O=C(NCCc1c[nH]c2ccccc12)c1cccc(N2C(=O)[C@@H]3Cc4ccccc4CN3C2=O)c1. The van der Waals surface area contributed by atoms with Crippen molar-refractivity contribution in [1.82, 2.24) is 15.2 Å². The van der Waals surface area contributed by atoms with E-state index in [0.29, 0.717) is 37.2 Å². The summed E-state index contributed by atoms with van der Waals surface area (Å²) in [5.74, 6) is -0.489. The summed E-state index contributed by atoms with van der Waals surface area (Å²) in [6.45, 7) is 0.885. The Bertz CT molecular complexity index is 1430. The van der Waals surface area contributed by atoms with Gasteiger partial charge >= 0.3 is 6.03 Å². The van der Waals surface area contributed by atoms with E-state index in [-0.39, 0.29) is 17.8 Å². The predicted molar refractivity (Wildman–Crippen MR) is 133 cm³/mol. The van der Waals surface area contributed by atoms with Crippen LogP contribution >= 0.6 is 0 Å². The van der Waals surface area contributed by atoms with Crippen LogP contribution in [0, 0.1) is 0 Å². The largest absolute Gasteiger partial charge is 0.361 e. The van der Waals surface area contributed by atoms with Gasteiger partial charge in [-0.1, -0.05) is 48.5 Å². The van der Waals surface area contributed by atoms with Crippen molar-refractivity contribution in [2.75, 3.05) is 11.4 Å². The highest BCUT2D eigenvalue weighted by molar-refractivity contribution is 6.21. The van der Waals surface area contributed by atoms with Crippen LogP contribution < -0.4 is 10.2 Å². The Morgan fingerprint density at radius 1 is 0.971 bits per heavy atom. The summed E-state index contributed by atoms with van der Waals surface area (Å²) in [7, 11) is 0. The summed E-state index contributed by atoms with van der Waals surface area (Å²) < 4.78 is 0. The van der Waals surface area contributed by atoms with Gasteiger partial charge in [0.15, 0.2) is 0 Å². The van der Waals surface area contributed by atoms with Crippen LogP contribution in [-0.4, -0.2) is 40.3 Å². The van der Waals surface area contributed by atoms with Crippen LogP contribution in [0.2, 0.25) is 0 Å². The third-order valence-electron chi connectivity index (χ3n) is 6.91. The number of carbonyl (C=O) groups is 3. The third kappa shape index (κ3) is 3.65. The summed E-state index contributed by atoms with van der Waals surface area (Å²) >= 11 is 0. The van der Waals surface area contributed by atoms with E-state index in [9.17, 15) is 14.4 Å². The number of hydrogen-bond donors (Lipinski definition) is 2. The molecule has 0 saturated carbocycles. The van der Waals surface area contributed by atoms with Crippen molar-refractivity contribution < 1.29 is 14.4 Å². The first-order valence-electron chi connectivity index (χ1n) is 11.7. The summed E-state index contributed by atoms with van der Waals surface area (Å²) in [5.41, 5.74) is 5.20. The minimum Gasteiger partial charge on any atom is -0.361 e. The van der Waals surface area contributed by atoms with Gasteiger partial charge in [0.05, 0.1) is 5.69 Å². The molecular weight excluding hydrogens is 440 g/mol. The van der Waals surface area contributed by atoms with E-state index in [4.69, 9.17) is 0 Å². The minimum absolute atomic E-state index is 0.240. The molecule has 0 aliphatic carbocycles. The molecule has 3 heterocycles. The van der Waals surface area contributed by atoms with Crippen LogP contribution in [0.25, 0.3) is 10.9 Å². The number of aromatic amines is 1. The van der Waals surface area contributed by atoms with Crippen LogP contribution in [0.3, 0.4) is 0 Å². The van der Waals surface area contributed by atoms with Crippen molar-refractivity contribution in [3.63, 3.8) is 0 Å². The highest BCUT2D eigenvalue weighted by Gasteiger charge is 2.47. The summed E-state index contributed by atoms with van der Waals surface area (Å²) in [6.07, 6.45) is 3.16. The van der Waals surface area contributed by atoms with Gasteiger partial charge in [0, 0.05) is 42.2 Å². The molecule has 2 N–H and O–H groups in total. The number of benzene rings is 3. The fraction of sp³-hybridized carbons (Fsp3) is 0.179. The van der Waals surface area contributed by atoms with Crippen LogP contribution in [0.4, 0.5) is 10.5 Å². The van der Waals surface area contributed by atoms with Gasteiger partial charge in [-0.25, -0.2) is 9.69 Å². The van der Waals surface area contributed by atoms with E-state index in [1.54, 1.807) is 29.2 Å². The van der Waals surface area contributed by atoms with Crippen molar-refractivity contribution in [3.05, 3.63) is 101 Å². The molecule has 2 aliphatic rings. The maximum atomic E-state index is 13.2. The molecule has 3 aromatic carbocycles. The number of H-pyrrole nitrogens is 1. The molecule has 1 aromatic heterocycles. The Hall–Kier alpha value is -4.39. The number of urea groups is 1. The number of fused-ring (bicyclic) bond motifs is 3. The molecule has 174 valence electrons. The second-order valence-corrected chi connectivity index (χ2v) is 8.99. The van der Waals surface area contributed by atoms with Gasteiger partial charge < -0.3 is 15.2 Å². The fourth-order valence-corrected chi connectivity index (χ4v) is 5.09. The Labute approximate surface area is 202 Å². The van der Waals surface area contributed by atoms with Crippen LogP contribution in [0.5, 0.6) is 0 Å². The summed E-state index contributed by atoms with van der Waals surface area (Å²) in [6, 6.07) is 21.8. The molecule has 1 saturated heterocycles. The van der Waals surface area contributed by atoms with E-state index in [1.165, 1.54) is 4.90 Å². The number of aromatic nitrogens is 1. The van der Waals surface area contributed by atoms with E-state index >= 15 is 0 Å². The number of hydrogen-bond acceptors (Lipinski definition) is 3. The standard InChI is InChI=1S/C28H24N4O3/c33-26(29-13-12-20-16-30-24-11-4-3-10-23(20)24)19-8-5-9-22(14-19)32-27(34)25-15-18-6-1-2-7-21(18)17-31(25)28(32)35/h1-11,14,16,25,30H,12-13,15,17H2,(H,29,33)/t25-/m0/s1. The molecule has 1 fully saturated rings. The van der Waals surface area contributed by atoms with Crippen molar-refractivity contribution >= 4 is 34.4 Å². The smallest absolute Gasteiger partial charge is 0.332 e. The molecule has 0 radical (unpaired) electrons. The Morgan fingerprint density at radius 2 is 1.77 bits per heavy atom. The molecule has 6 rings (SSSR count). The number of amides is 4. The van der Waals surface area contributed by atoms with Crippen molar-refractivity contribution in [2.24, 2.45) is 0 Å². The first kappa shape index (κ1) is 21.2. The van der Waals surface area contributed by atoms with Gasteiger partial charge in [0.1, 0.15) is 6.04 Å².